The lowest BCUT2D eigenvalue weighted by atomic mass is 9.98. The topological polar surface area (TPSA) is 71.9 Å². The molecule has 0 saturated carbocycles. The van der Waals surface area contributed by atoms with E-state index < -0.39 is 0 Å². The Morgan fingerprint density at radius 2 is 1.68 bits per heavy atom. The SMILES string of the molecule is CCCCCCCCOc1ccc(-c2cc(-c3ccccc3Br)nc(N)c2C#N)cc1. The Balaban J connectivity index is 1.75. The molecule has 5 heteroatoms. The lowest BCUT2D eigenvalue weighted by molar-refractivity contribution is 0.304. The van der Waals surface area contributed by atoms with Crippen LogP contribution in [0.4, 0.5) is 5.82 Å². The van der Waals surface area contributed by atoms with Gasteiger partial charge in [-0.25, -0.2) is 4.98 Å². The summed E-state index contributed by atoms with van der Waals surface area (Å²) in [6, 6.07) is 19.8. The minimum atomic E-state index is 0.231. The second-order valence-corrected chi connectivity index (χ2v) is 8.40. The number of unbranched alkanes of at least 4 members (excludes halogenated alkanes) is 5. The molecular weight excluding hydrogens is 450 g/mol. The number of nitrogens with two attached hydrogens (primary N) is 1. The van der Waals surface area contributed by atoms with Crippen LogP contribution in [0, 0.1) is 11.3 Å². The number of hydrogen-bond acceptors (Lipinski definition) is 4. The average Bonchev–Trinajstić information content (AvgIpc) is 2.79. The molecule has 31 heavy (non-hydrogen) atoms. The van der Waals surface area contributed by atoms with Crippen LogP contribution in [-0.4, -0.2) is 11.6 Å². The molecule has 0 saturated heterocycles. The number of rotatable bonds is 10. The zero-order valence-corrected chi connectivity index (χ0v) is 19.5. The minimum Gasteiger partial charge on any atom is -0.494 e. The molecule has 3 rings (SSSR count). The van der Waals surface area contributed by atoms with Crippen molar-refractivity contribution in [3.63, 3.8) is 0 Å². The number of anilines is 1. The van der Waals surface area contributed by atoms with E-state index in [9.17, 15) is 5.26 Å². The highest BCUT2D eigenvalue weighted by Crippen LogP contribution is 2.34. The summed E-state index contributed by atoms with van der Waals surface area (Å²) in [4.78, 5) is 4.46. The number of nitrogen functional groups attached to an aromatic ring is 1. The van der Waals surface area contributed by atoms with Gasteiger partial charge in [0.2, 0.25) is 0 Å². The quantitative estimate of drug-likeness (QED) is 0.309. The molecule has 0 aliphatic heterocycles. The van der Waals surface area contributed by atoms with Gasteiger partial charge in [0, 0.05) is 15.6 Å². The van der Waals surface area contributed by atoms with E-state index in [1.165, 1.54) is 32.1 Å². The maximum atomic E-state index is 9.65. The molecule has 1 aromatic heterocycles. The van der Waals surface area contributed by atoms with Gasteiger partial charge in [0.05, 0.1) is 12.3 Å². The molecule has 0 spiro atoms. The number of benzene rings is 2. The molecule has 0 fully saturated rings. The van der Waals surface area contributed by atoms with Crippen LogP contribution in [0.1, 0.15) is 51.0 Å². The van der Waals surface area contributed by atoms with Gasteiger partial charge in [-0.15, -0.1) is 0 Å². The molecule has 3 aromatic rings. The van der Waals surface area contributed by atoms with Crippen LogP contribution in [0.3, 0.4) is 0 Å². The van der Waals surface area contributed by atoms with Crippen molar-refractivity contribution < 1.29 is 4.74 Å². The van der Waals surface area contributed by atoms with E-state index >= 15 is 0 Å². The third kappa shape index (κ3) is 6.08. The van der Waals surface area contributed by atoms with Gasteiger partial charge in [-0.05, 0) is 36.2 Å². The number of nitrogens with zero attached hydrogens (tertiary/aromatic N) is 2. The maximum Gasteiger partial charge on any atom is 0.142 e. The Kier molecular flexibility index (Phi) is 8.49. The molecule has 2 aromatic carbocycles. The first kappa shape index (κ1) is 22.8. The molecule has 0 bridgehead atoms. The Morgan fingerprint density at radius 1 is 0.968 bits per heavy atom. The standard InChI is InChI=1S/C26H28BrN3O/c1-2-3-4-5-6-9-16-31-20-14-12-19(13-15-20)22-17-25(30-26(29)23(22)18-28)21-10-7-8-11-24(21)27/h7-8,10-15,17H,2-6,9,16H2,1H3,(H2,29,30). The van der Waals surface area contributed by atoms with Gasteiger partial charge in [-0.2, -0.15) is 5.26 Å². The van der Waals surface area contributed by atoms with Crippen LogP contribution < -0.4 is 10.5 Å². The number of hydrogen-bond donors (Lipinski definition) is 1. The molecule has 1 heterocycles. The third-order valence-electron chi connectivity index (χ3n) is 5.24. The van der Waals surface area contributed by atoms with E-state index in [0.29, 0.717) is 5.56 Å². The van der Waals surface area contributed by atoms with Crippen LogP contribution >= 0.6 is 15.9 Å². The van der Waals surface area contributed by atoms with E-state index in [4.69, 9.17) is 10.5 Å². The fraction of sp³-hybridized carbons (Fsp3) is 0.308. The van der Waals surface area contributed by atoms with E-state index in [1.807, 2.05) is 54.6 Å². The number of halogens is 1. The lowest BCUT2D eigenvalue weighted by Gasteiger charge is -2.12. The lowest BCUT2D eigenvalue weighted by Crippen LogP contribution is -2.00. The second-order valence-electron chi connectivity index (χ2n) is 7.55. The predicted molar refractivity (Wildman–Crippen MR) is 131 cm³/mol. The molecule has 160 valence electrons. The van der Waals surface area contributed by atoms with Crippen LogP contribution in [0.5, 0.6) is 5.75 Å². The fourth-order valence-electron chi connectivity index (χ4n) is 3.52. The summed E-state index contributed by atoms with van der Waals surface area (Å²) in [5.41, 5.74) is 9.85. The highest BCUT2D eigenvalue weighted by Gasteiger charge is 2.14. The highest BCUT2D eigenvalue weighted by atomic mass is 79.9. The van der Waals surface area contributed by atoms with Crippen molar-refractivity contribution in [1.29, 1.82) is 5.26 Å². The van der Waals surface area contributed by atoms with E-state index in [2.05, 4.69) is 33.9 Å². The number of pyridine rings is 1. The Hall–Kier alpha value is -2.84. The summed E-state index contributed by atoms with van der Waals surface area (Å²) in [5, 5.41) is 9.65. The molecule has 0 atom stereocenters. The van der Waals surface area contributed by atoms with Gasteiger partial charge >= 0.3 is 0 Å². The van der Waals surface area contributed by atoms with Gasteiger partial charge in [0.15, 0.2) is 0 Å². The first-order valence-corrected chi connectivity index (χ1v) is 11.6. The maximum absolute atomic E-state index is 9.65. The van der Waals surface area contributed by atoms with Crippen LogP contribution in [-0.2, 0) is 0 Å². The van der Waals surface area contributed by atoms with Crippen LogP contribution in [0.2, 0.25) is 0 Å². The number of aromatic nitrogens is 1. The summed E-state index contributed by atoms with van der Waals surface area (Å²) >= 11 is 3.57. The van der Waals surface area contributed by atoms with Crippen molar-refractivity contribution in [2.45, 2.75) is 45.4 Å². The molecule has 2 N–H and O–H groups in total. The zero-order valence-electron chi connectivity index (χ0n) is 17.9. The Bertz CT molecular complexity index is 1040. The van der Waals surface area contributed by atoms with Gasteiger partial charge < -0.3 is 10.5 Å². The van der Waals surface area contributed by atoms with Crippen molar-refractivity contribution in [2.24, 2.45) is 0 Å². The van der Waals surface area contributed by atoms with Crippen molar-refractivity contribution in [3.05, 3.63) is 64.6 Å². The van der Waals surface area contributed by atoms with Gasteiger partial charge in [-0.1, -0.05) is 85.3 Å². The number of ether oxygens (including phenoxy) is 1. The van der Waals surface area contributed by atoms with Gasteiger partial charge in [0.25, 0.3) is 0 Å². The Labute approximate surface area is 193 Å². The predicted octanol–water partition coefficient (Wildman–Crippen LogP) is 7.37. The molecule has 0 aliphatic rings. The molecule has 0 radical (unpaired) electrons. The Morgan fingerprint density at radius 3 is 2.39 bits per heavy atom. The summed E-state index contributed by atoms with van der Waals surface area (Å²) in [6.07, 6.45) is 7.44. The first-order chi connectivity index (χ1) is 15.1. The summed E-state index contributed by atoms with van der Waals surface area (Å²) in [5.74, 6) is 1.07. The first-order valence-electron chi connectivity index (χ1n) is 10.8. The van der Waals surface area contributed by atoms with E-state index in [-0.39, 0.29) is 5.82 Å². The smallest absolute Gasteiger partial charge is 0.142 e. The second kappa shape index (κ2) is 11.5. The van der Waals surface area contributed by atoms with Crippen molar-refractivity contribution in [2.75, 3.05) is 12.3 Å². The molecule has 0 amide bonds. The number of nitriles is 1. The van der Waals surface area contributed by atoms with Crippen molar-refractivity contribution in [1.82, 2.24) is 4.98 Å². The van der Waals surface area contributed by atoms with E-state index in [1.54, 1.807) is 0 Å². The zero-order chi connectivity index (χ0) is 22.1. The molecule has 0 unspecified atom stereocenters. The van der Waals surface area contributed by atoms with Gasteiger partial charge in [-0.3, -0.25) is 0 Å². The largest absolute Gasteiger partial charge is 0.494 e. The van der Waals surface area contributed by atoms with Crippen LogP contribution in [0.15, 0.2) is 59.1 Å². The third-order valence-corrected chi connectivity index (χ3v) is 5.93. The monoisotopic (exact) mass is 477 g/mol. The van der Waals surface area contributed by atoms with Crippen molar-refractivity contribution in [3.8, 4) is 34.2 Å². The summed E-state index contributed by atoms with van der Waals surface area (Å²) in [7, 11) is 0. The summed E-state index contributed by atoms with van der Waals surface area (Å²) < 4.78 is 6.81. The molecule has 0 aliphatic carbocycles. The summed E-state index contributed by atoms with van der Waals surface area (Å²) in [6.45, 7) is 2.96. The van der Waals surface area contributed by atoms with Crippen molar-refractivity contribution >= 4 is 21.7 Å². The minimum absolute atomic E-state index is 0.231. The molecule has 4 nitrogen and oxygen atoms in total. The highest BCUT2D eigenvalue weighted by molar-refractivity contribution is 9.10. The van der Waals surface area contributed by atoms with E-state index in [0.717, 1.165) is 45.6 Å². The normalized spacial score (nSPS) is 10.6. The fourth-order valence-corrected chi connectivity index (χ4v) is 4.01. The average molecular weight is 478 g/mol. The van der Waals surface area contributed by atoms with Gasteiger partial charge in [0.1, 0.15) is 23.2 Å². The van der Waals surface area contributed by atoms with Crippen LogP contribution in [0.25, 0.3) is 22.4 Å². The molecular formula is C26H28BrN3O.